The number of aromatic carboxylic acids is 1. The second-order valence-corrected chi connectivity index (χ2v) is 13.0. The van der Waals surface area contributed by atoms with Crippen LogP contribution >= 0.6 is 19.2 Å². The van der Waals surface area contributed by atoms with Gasteiger partial charge in [0.05, 0.1) is 43.6 Å². The molecule has 1 aliphatic carbocycles. The molecule has 1 saturated heterocycles. The first-order valence-electron chi connectivity index (χ1n) is 13.8. The molecule has 0 radical (unpaired) electrons. The summed E-state index contributed by atoms with van der Waals surface area (Å²) in [6.07, 6.45) is -0.172. The highest BCUT2D eigenvalue weighted by molar-refractivity contribution is 7.53. The normalized spacial score (nSPS) is 24.1. The van der Waals surface area contributed by atoms with Crippen LogP contribution < -0.4 is 5.32 Å². The summed E-state index contributed by atoms with van der Waals surface area (Å²) in [5, 5.41) is 46.5. The minimum Gasteiger partial charge on any atom is -0.478 e. The van der Waals surface area contributed by atoms with E-state index in [0.717, 1.165) is 25.7 Å². The van der Waals surface area contributed by atoms with Crippen LogP contribution in [0.5, 0.6) is 0 Å². The second-order valence-electron chi connectivity index (χ2n) is 10.8. The summed E-state index contributed by atoms with van der Waals surface area (Å²) in [5.74, 6) is -0.754. The molecule has 16 nitrogen and oxygen atoms in total. The first kappa shape index (κ1) is 32.6. The number of carbonyl (C=O) groups is 1. The summed E-state index contributed by atoms with van der Waals surface area (Å²) in [6.45, 7) is -3.07. The van der Waals surface area contributed by atoms with Crippen molar-refractivity contribution < 1.29 is 53.8 Å². The molecule has 1 aromatic carbocycles. The van der Waals surface area contributed by atoms with Crippen LogP contribution in [0.25, 0.3) is 11.0 Å². The predicted octanol–water partition coefficient (Wildman–Crippen LogP) is 1.25. The number of aliphatic hydroxyl groups is 3. The summed E-state index contributed by atoms with van der Waals surface area (Å²) in [7, 11) is -5.24. The van der Waals surface area contributed by atoms with Crippen molar-refractivity contribution in [3.8, 4) is 0 Å². The fourth-order valence-corrected chi connectivity index (χ4v) is 6.18. The van der Waals surface area contributed by atoms with Crippen molar-refractivity contribution in [3.63, 3.8) is 0 Å². The Morgan fingerprint density at radius 1 is 1.18 bits per heavy atom. The fraction of sp³-hybridized carbons (Fsp3) is 0.538. The van der Waals surface area contributed by atoms with Gasteiger partial charge >= 0.3 is 13.6 Å². The largest absolute Gasteiger partial charge is 0.478 e. The van der Waals surface area contributed by atoms with Gasteiger partial charge in [0.2, 0.25) is 10.6 Å². The summed E-state index contributed by atoms with van der Waals surface area (Å²) < 4.78 is 30.4. The highest BCUT2D eigenvalue weighted by atomic mass is 35.5. The SMILES string of the molecule is O=C(O)c1ccccc1COC[C@](CO)(OC[C@H]1O[C@@H](n2ncc3c(NC4CCCC4)nc(Cl)nc32)[C@H](O)[C@@H]1O)P(=O)(O)O. The molecule has 0 spiro atoms. The molecule has 7 N–H and O–H groups in total. The number of carboxylic acids is 1. The quantitative estimate of drug-likeness (QED) is 0.101. The average Bonchev–Trinajstić information content (AvgIpc) is 3.71. The Morgan fingerprint density at radius 2 is 1.91 bits per heavy atom. The molecule has 0 unspecified atom stereocenters. The first-order chi connectivity index (χ1) is 20.9. The average molecular weight is 658 g/mol. The van der Waals surface area contributed by atoms with Crippen molar-refractivity contribution in [2.24, 2.45) is 0 Å². The van der Waals surface area contributed by atoms with Crippen molar-refractivity contribution in [1.82, 2.24) is 19.7 Å². The van der Waals surface area contributed by atoms with Gasteiger partial charge < -0.3 is 49.7 Å². The zero-order valence-electron chi connectivity index (χ0n) is 23.3. The van der Waals surface area contributed by atoms with E-state index in [9.17, 15) is 39.6 Å². The Kier molecular flexibility index (Phi) is 9.87. The number of rotatable bonds is 13. The standard InChI is InChI=1S/C26H33ClN5O11P/c27-25-30-21(29-15-6-2-3-7-15)17-9-28-32(22(17)31-25)23-20(35)19(34)18(43-23)11-42-26(12-33,44(38,39)40)13-41-10-14-5-1-4-8-16(14)24(36)37/h1,4-5,8-9,15,18-20,23,33-35H,2-3,6-7,10-13H2,(H,36,37)(H,29,30,31)(H2,38,39,40)/t18-,19-,20-,23-,26-/m1/s1. The Hall–Kier alpha value is -2.76. The minimum atomic E-state index is -5.24. The van der Waals surface area contributed by atoms with Gasteiger partial charge in [-0.1, -0.05) is 31.0 Å². The van der Waals surface area contributed by atoms with Crippen LogP contribution in [-0.2, 0) is 25.4 Å². The molecule has 18 heteroatoms. The number of ether oxygens (including phenoxy) is 3. The van der Waals surface area contributed by atoms with E-state index in [1.807, 2.05) is 0 Å². The van der Waals surface area contributed by atoms with Gasteiger partial charge in [0.25, 0.3) is 0 Å². The van der Waals surface area contributed by atoms with Gasteiger partial charge in [0.15, 0.2) is 11.9 Å². The lowest BCUT2D eigenvalue weighted by Gasteiger charge is -2.33. The Labute approximate surface area is 255 Å². The molecule has 2 fully saturated rings. The summed E-state index contributed by atoms with van der Waals surface area (Å²) >= 11 is 6.19. The maximum absolute atomic E-state index is 12.5. The van der Waals surface area contributed by atoms with E-state index < -0.39 is 63.3 Å². The molecule has 1 saturated carbocycles. The van der Waals surface area contributed by atoms with E-state index in [2.05, 4.69) is 20.4 Å². The van der Waals surface area contributed by atoms with Gasteiger partial charge in [-0.3, -0.25) is 4.57 Å². The van der Waals surface area contributed by atoms with Gasteiger partial charge in [0, 0.05) is 6.04 Å². The number of carboxylic acid groups (broad SMARTS) is 1. The highest BCUT2D eigenvalue weighted by Crippen LogP contribution is 2.51. The number of nitrogens with zero attached hydrogens (tertiary/aromatic N) is 4. The smallest absolute Gasteiger partial charge is 0.361 e. The van der Waals surface area contributed by atoms with E-state index in [0.29, 0.717) is 11.2 Å². The van der Waals surface area contributed by atoms with Crippen molar-refractivity contribution in [2.45, 2.75) is 68.2 Å². The molecule has 3 heterocycles. The van der Waals surface area contributed by atoms with Gasteiger partial charge in [-0.25, -0.2) is 9.48 Å². The van der Waals surface area contributed by atoms with Crippen LogP contribution in [0.4, 0.5) is 5.82 Å². The zero-order chi connectivity index (χ0) is 31.6. The van der Waals surface area contributed by atoms with Gasteiger partial charge in [-0.05, 0) is 36.1 Å². The van der Waals surface area contributed by atoms with Crippen molar-refractivity contribution >= 4 is 42.0 Å². The van der Waals surface area contributed by atoms with Crippen LogP contribution in [-0.4, -0.2) is 105 Å². The molecule has 240 valence electrons. The summed E-state index contributed by atoms with van der Waals surface area (Å²) in [4.78, 5) is 40.1. The molecule has 44 heavy (non-hydrogen) atoms. The van der Waals surface area contributed by atoms with Crippen LogP contribution in [0, 0.1) is 0 Å². The third-order valence-corrected chi connectivity index (χ3v) is 9.46. The van der Waals surface area contributed by atoms with E-state index in [4.69, 9.17) is 25.8 Å². The van der Waals surface area contributed by atoms with E-state index in [-0.39, 0.29) is 34.7 Å². The molecule has 0 amide bonds. The number of benzene rings is 1. The third-order valence-electron chi connectivity index (χ3n) is 7.83. The number of halogens is 1. The van der Waals surface area contributed by atoms with E-state index in [1.54, 1.807) is 6.07 Å². The molecule has 3 aromatic rings. The van der Waals surface area contributed by atoms with Gasteiger partial charge in [0.1, 0.15) is 24.1 Å². The number of aliphatic hydroxyl groups excluding tert-OH is 3. The molecule has 5 atom stereocenters. The van der Waals surface area contributed by atoms with Crippen LogP contribution in [0.2, 0.25) is 5.28 Å². The number of anilines is 1. The minimum absolute atomic E-state index is 0.0687. The number of hydrogen-bond donors (Lipinski definition) is 7. The number of aromatic nitrogens is 4. The van der Waals surface area contributed by atoms with Crippen molar-refractivity contribution in [3.05, 3.63) is 46.9 Å². The Bertz CT molecular complexity index is 1530. The summed E-state index contributed by atoms with van der Waals surface area (Å²) in [6, 6.07) is 6.10. The Balaban J connectivity index is 1.30. The zero-order valence-corrected chi connectivity index (χ0v) is 24.9. The van der Waals surface area contributed by atoms with E-state index >= 15 is 0 Å². The van der Waals surface area contributed by atoms with Crippen LogP contribution in [0.1, 0.15) is 47.8 Å². The van der Waals surface area contributed by atoms with Crippen LogP contribution in [0.3, 0.4) is 0 Å². The fourth-order valence-electron chi connectivity index (χ4n) is 5.33. The summed E-state index contributed by atoms with van der Waals surface area (Å²) in [5.41, 5.74) is 0.383. The van der Waals surface area contributed by atoms with Gasteiger partial charge in [-0.15, -0.1) is 0 Å². The maximum Gasteiger partial charge on any atom is 0.361 e. The first-order valence-corrected chi connectivity index (χ1v) is 15.8. The molecule has 2 aromatic heterocycles. The third kappa shape index (κ3) is 6.60. The number of fused-ring (bicyclic) bond motifs is 1. The lowest BCUT2D eigenvalue weighted by atomic mass is 10.1. The van der Waals surface area contributed by atoms with Gasteiger partial charge in [-0.2, -0.15) is 15.1 Å². The topological polar surface area (TPSA) is 239 Å². The Morgan fingerprint density at radius 3 is 2.59 bits per heavy atom. The lowest BCUT2D eigenvalue weighted by molar-refractivity contribution is -0.131. The maximum atomic E-state index is 12.5. The predicted molar refractivity (Wildman–Crippen MR) is 153 cm³/mol. The lowest BCUT2D eigenvalue weighted by Crippen LogP contribution is -2.45. The molecule has 2 aliphatic rings. The van der Waals surface area contributed by atoms with E-state index in [1.165, 1.54) is 29.1 Å². The molecule has 0 bridgehead atoms. The number of nitrogens with one attached hydrogen (secondary N) is 1. The highest BCUT2D eigenvalue weighted by Gasteiger charge is 2.51. The molecular formula is C26H33ClN5O11P. The van der Waals surface area contributed by atoms with Crippen LogP contribution in [0.15, 0.2) is 30.5 Å². The molecule has 5 rings (SSSR count). The second kappa shape index (κ2) is 13.3. The van der Waals surface area contributed by atoms with Crippen molar-refractivity contribution in [2.75, 3.05) is 25.1 Å². The van der Waals surface area contributed by atoms with Crippen molar-refractivity contribution in [1.29, 1.82) is 0 Å². The molecule has 1 aliphatic heterocycles. The number of hydrogen-bond acceptors (Lipinski definition) is 12. The molecular weight excluding hydrogens is 625 g/mol. The monoisotopic (exact) mass is 657 g/mol.